The molecule has 62 valence electrons. The van der Waals surface area contributed by atoms with E-state index in [-0.39, 0.29) is 11.1 Å². The normalized spacial score (nSPS) is 9.92. The molecule has 0 N–H and O–H groups in total. The summed E-state index contributed by atoms with van der Waals surface area (Å²) >= 11 is 1.82. The highest BCUT2D eigenvalue weighted by molar-refractivity contribution is 14.1. The van der Waals surface area contributed by atoms with E-state index >= 15 is 0 Å². The fraction of sp³-hybridized carbons (Fsp3) is 0.143. The maximum Gasteiger partial charge on any atom is 0.265 e. The van der Waals surface area contributed by atoms with Crippen molar-refractivity contribution in [2.24, 2.45) is 0 Å². The molecule has 0 saturated heterocycles. The van der Waals surface area contributed by atoms with Gasteiger partial charge in [-0.1, -0.05) is 0 Å². The summed E-state index contributed by atoms with van der Waals surface area (Å²) in [5.41, 5.74) is -0.317. The molecule has 0 radical (unpaired) electrons. The first kappa shape index (κ1) is 9.32. The molecule has 0 aromatic carbocycles. The van der Waals surface area contributed by atoms with Gasteiger partial charge in [-0.05, 0) is 28.7 Å². The molecule has 12 heavy (non-hydrogen) atoms. The number of nitriles is 1. The Bertz CT molecular complexity index is 333. The molecule has 0 fully saturated rings. The van der Waals surface area contributed by atoms with Gasteiger partial charge in [0.25, 0.3) is 6.43 Å². The van der Waals surface area contributed by atoms with E-state index in [0.29, 0.717) is 3.70 Å². The maximum atomic E-state index is 12.2. The third-order valence-electron chi connectivity index (χ3n) is 1.26. The van der Waals surface area contributed by atoms with Crippen molar-refractivity contribution in [3.8, 4) is 6.07 Å². The molecule has 0 bridgehead atoms. The molecule has 2 nitrogen and oxygen atoms in total. The Balaban J connectivity index is 3.24. The van der Waals surface area contributed by atoms with E-state index in [2.05, 4.69) is 4.98 Å². The fourth-order valence-corrected chi connectivity index (χ4v) is 1.19. The molecule has 0 amide bonds. The van der Waals surface area contributed by atoms with Gasteiger partial charge in [0.1, 0.15) is 9.77 Å². The average molecular weight is 280 g/mol. The molecular weight excluding hydrogens is 277 g/mol. The number of nitrogens with zero attached hydrogens (tertiary/aromatic N) is 2. The molecule has 0 spiro atoms. The van der Waals surface area contributed by atoms with Crippen LogP contribution in [0.5, 0.6) is 0 Å². The zero-order valence-corrected chi connectivity index (χ0v) is 7.92. The summed E-state index contributed by atoms with van der Waals surface area (Å²) in [5, 5.41) is 8.43. The first-order chi connectivity index (χ1) is 5.65. The lowest BCUT2D eigenvalue weighted by Crippen LogP contribution is -1.93. The molecule has 0 aliphatic heterocycles. The summed E-state index contributed by atoms with van der Waals surface area (Å²) in [5.74, 6) is 0. The van der Waals surface area contributed by atoms with Crippen molar-refractivity contribution >= 4 is 22.6 Å². The summed E-state index contributed by atoms with van der Waals surface area (Å²) < 4.78 is 24.9. The summed E-state index contributed by atoms with van der Waals surface area (Å²) in [7, 11) is 0. The SMILES string of the molecule is N#Cc1cnc(I)cc1C(F)F. The minimum atomic E-state index is -2.61. The zero-order valence-electron chi connectivity index (χ0n) is 5.76. The largest absolute Gasteiger partial charge is 0.265 e. The maximum absolute atomic E-state index is 12.2. The summed E-state index contributed by atoms with van der Waals surface area (Å²) in [6.45, 7) is 0. The van der Waals surface area contributed by atoms with Crippen LogP contribution < -0.4 is 0 Å². The van der Waals surface area contributed by atoms with Gasteiger partial charge in [-0.15, -0.1) is 0 Å². The fourth-order valence-electron chi connectivity index (χ4n) is 0.718. The van der Waals surface area contributed by atoms with Crippen LogP contribution in [0.3, 0.4) is 0 Å². The molecule has 0 aliphatic carbocycles. The van der Waals surface area contributed by atoms with Gasteiger partial charge in [0, 0.05) is 11.8 Å². The lowest BCUT2D eigenvalue weighted by molar-refractivity contribution is 0.151. The molecule has 0 aliphatic rings. The van der Waals surface area contributed by atoms with Crippen molar-refractivity contribution in [2.45, 2.75) is 6.43 Å². The summed E-state index contributed by atoms with van der Waals surface area (Å²) in [6, 6.07) is 2.87. The summed E-state index contributed by atoms with van der Waals surface area (Å²) in [6.07, 6.45) is -1.46. The van der Waals surface area contributed by atoms with Crippen LogP contribution in [0.25, 0.3) is 0 Å². The minimum absolute atomic E-state index is 0.0644. The van der Waals surface area contributed by atoms with Gasteiger partial charge in [-0.3, -0.25) is 0 Å². The number of rotatable bonds is 1. The van der Waals surface area contributed by atoms with Crippen LogP contribution in [0.4, 0.5) is 8.78 Å². The molecule has 1 aromatic rings. The van der Waals surface area contributed by atoms with Crippen LogP contribution in [0.2, 0.25) is 0 Å². The molecular formula is C7H3F2IN2. The van der Waals surface area contributed by atoms with Gasteiger partial charge in [0.2, 0.25) is 0 Å². The van der Waals surface area contributed by atoms with Crippen LogP contribution in [-0.4, -0.2) is 4.98 Å². The monoisotopic (exact) mass is 280 g/mol. The van der Waals surface area contributed by atoms with E-state index < -0.39 is 6.43 Å². The Morgan fingerprint density at radius 1 is 1.58 bits per heavy atom. The Morgan fingerprint density at radius 2 is 2.25 bits per heavy atom. The first-order valence-corrected chi connectivity index (χ1v) is 4.06. The van der Waals surface area contributed by atoms with E-state index in [1.165, 1.54) is 6.07 Å². The molecule has 0 unspecified atom stereocenters. The molecule has 5 heteroatoms. The van der Waals surface area contributed by atoms with Crippen LogP contribution >= 0.6 is 22.6 Å². The van der Waals surface area contributed by atoms with Crippen LogP contribution in [0, 0.1) is 15.0 Å². The van der Waals surface area contributed by atoms with Crippen molar-refractivity contribution in [1.29, 1.82) is 5.26 Å². The predicted octanol–water partition coefficient (Wildman–Crippen LogP) is 2.50. The van der Waals surface area contributed by atoms with Crippen LogP contribution in [0.15, 0.2) is 12.3 Å². The number of aromatic nitrogens is 1. The second-order valence-electron chi connectivity index (χ2n) is 2.01. The average Bonchev–Trinajstić information content (AvgIpc) is 2.04. The van der Waals surface area contributed by atoms with E-state index in [1.54, 1.807) is 6.07 Å². The Morgan fingerprint density at radius 3 is 2.75 bits per heavy atom. The van der Waals surface area contributed by atoms with Crippen molar-refractivity contribution in [3.05, 3.63) is 27.1 Å². The second-order valence-corrected chi connectivity index (χ2v) is 3.11. The highest BCUT2D eigenvalue weighted by Crippen LogP contribution is 2.22. The standard InChI is InChI=1S/C7H3F2IN2/c8-7(9)5-1-6(10)12-3-4(5)2-11/h1,3,7H. The topological polar surface area (TPSA) is 36.7 Å². The van der Waals surface area contributed by atoms with Crippen LogP contribution in [-0.2, 0) is 0 Å². The van der Waals surface area contributed by atoms with Gasteiger partial charge in [0.05, 0.1) is 5.56 Å². The molecule has 0 atom stereocenters. The van der Waals surface area contributed by atoms with Crippen molar-refractivity contribution < 1.29 is 8.78 Å². The van der Waals surface area contributed by atoms with Crippen LogP contribution in [0.1, 0.15) is 17.6 Å². The Labute approximate surface area is 81.4 Å². The zero-order chi connectivity index (χ0) is 9.14. The van der Waals surface area contributed by atoms with E-state index in [1.807, 2.05) is 22.6 Å². The molecule has 1 aromatic heterocycles. The van der Waals surface area contributed by atoms with Gasteiger partial charge < -0.3 is 0 Å². The first-order valence-electron chi connectivity index (χ1n) is 2.99. The minimum Gasteiger partial charge on any atom is -0.249 e. The van der Waals surface area contributed by atoms with Gasteiger partial charge in [0.15, 0.2) is 0 Å². The second kappa shape index (κ2) is 3.76. The van der Waals surface area contributed by atoms with Crippen molar-refractivity contribution in [1.82, 2.24) is 4.98 Å². The highest BCUT2D eigenvalue weighted by Gasteiger charge is 2.13. The summed E-state index contributed by atoms with van der Waals surface area (Å²) in [4.78, 5) is 3.72. The van der Waals surface area contributed by atoms with Gasteiger partial charge >= 0.3 is 0 Å². The van der Waals surface area contributed by atoms with Crippen molar-refractivity contribution in [3.63, 3.8) is 0 Å². The predicted molar refractivity (Wildman–Crippen MR) is 46.6 cm³/mol. The number of halogens is 3. The molecule has 1 heterocycles. The third kappa shape index (κ3) is 1.88. The van der Waals surface area contributed by atoms with E-state index in [9.17, 15) is 8.78 Å². The quantitative estimate of drug-likeness (QED) is 0.585. The van der Waals surface area contributed by atoms with E-state index in [4.69, 9.17) is 5.26 Å². The van der Waals surface area contributed by atoms with E-state index in [0.717, 1.165) is 6.20 Å². The van der Waals surface area contributed by atoms with Crippen molar-refractivity contribution in [2.75, 3.05) is 0 Å². The number of hydrogen-bond acceptors (Lipinski definition) is 2. The lowest BCUT2D eigenvalue weighted by atomic mass is 10.2. The molecule has 0 saturated carbocycles. The number of hydrogen-bond donors (Lipinski definition) is 0. The number of pyridine rings is 1. The Hall–Kier alpha value is -0.770. The Kier molecular flexibility index (Phi) is 2.92. The van der Waals surface area contributed by atoms with Gasteiger partial charge in [-0.2, -0.15) is 5.26 Å². The lowest BCUT2D eigenvalue weighted by Gasteiger charge is -2.01. The smallest absolute Gasteiger partial charge is 0.249 e. The third-order valence-corrected chi connectivity index (χ3v) is 1.85. The van der Waals surface area contributed by atoms with Gasteiger partial charge in [-0.25, -0.2) is 13.8 Å². The number of alkyl halides is 2. The molecule has 1 rings (SSSR count). The highest BCUT2D eigenvalue weighted by atomic mass is 127.